The normalized spacial score (nSPS) is 12.6. The smallest absolute Gasteiger partial charge is 0.225 e. The molecule has 0 spiro atoms. The van der Waals surface area contributed by atoms with Crippen molar-refractivity contribution in [2.24, 2.45) is 5.73 Å². The molecule has 5 heteroatoms. The van der Waals surface area contributed by atoms with Crippen LogP contribution < -0.4 is 11.1 Å². The fourth-order valence-electron chi connectivity index (χ4n) is 1.02. The summed E-state index contributed by atoms with van der Waals surface area (Å²) in [5.41, 5.74) is 5.42. The van der Waals surface area contributed by atoms with Crippen LogP contribution in [0.15, 0.2) is 0 Å². The Morgan fingerprint density at radius 1 is 1.64 bits per heavy atom. The van der Waals surface area contributed by atoms with Crippen LogP contribution in [-0.2, 0) is 9.53 Å². The molecule has 0 saturated carbocycles. The van der Waals surface area contributed by atoms with E-state index in [0.29, 0.717) is 19.5 Å². The van der Waals surface area contributed by atoms with Gasteiger partial charge in [0.15, 0.2) is 0 Å². The van der Waals surface area contributed by atoms with Gasteiger partial charge >= 0.3 is 0 Å². The minimum Gasteiger partial charge on any atom is -0.380 e. The maximum Gasteiger partial charge on any atom is 0.225 e. The van der Waals surface area contributed by atoms with Gasteiger partial charge in [-0.2, -0.15) is 0 Å². The number of nitrogens with one attached hydrogen (secondary N) is 1. The van der Waals surface area contributed by atoms with Gasteiger partial charge in [-0.15, -0.1) is 0 Å². The molecule has 0 aromatic carbocycles. The third-order valence-corrected chi connectivity index (χ3v) is 2.12. The molecule has 0 aromatic rings. The van der Waals surface area contributed by atoms with Crippen molar-refractivity contribution in [2.45, 2.75) is 12.5 Å². The lowest BCUT2D eigenvalue weighted by Gasteiger charge is -2.19. The van der Waals surface area contributed by atoms with Gasteiger partial charge in [0.25, 0.3) is 0 Å². The number of carbonyl (C=O) groups excluding carboxylic acids is 1. The van der Waals surface area contributed by atoms with Crippen LogP contribution in [0.5, 0.6) is 0 Å². The van der Waals surface area contributed by atoms with E-state index in [4.69, 9.17) is 10.5 Å². The number of nitrogens with two attached hydrogens (primary N) is 1. The van der Waals surface area contributed by atoms with E-state index in [2.05, 4.69) is 5.32 Å². The molecule has 0 rings (SSSR count). The number of methoxy groups -OCH3 is 1. The summed E-state index contributed by atoms with van der Waals surface area (Å²) < 4.78 is 5.04. The predicted octanol–water partition coefficient (Wildman–Crippen LogP) is -0.972. The van der Waals surface area contributed by atoms with Gasteiger partial charge in [-0.3, -0.25) is 4.79 Å². The first kappa shape index (κ1) is 13.4. The Kier molecular flexibility index (Phi) is 7.37. The lowest BCUT2D eigenvalue weighted by atomic mass is 10.2. The molecule has 0 fully saturated rings. The second-order valence-electron chi connectivity index (χ2n) is 3.22. The van der Waals surface area contributed by atoms with Crippen molar-refractivity contribution < 1.29 is 9.53 Å². The number of hydrogen-bond acceptors (Lipinski definition) is 4. The first-order valence-electron chi connectivity index (χ1n) is 4.77. The van der Waals surface area contributed by atoms with E-state index in [1.165, 1.54) is 0 Å². The monoisotopic (exact) mass is 203 g/mol. The van der Waals surface area contributed by atoms with E-state index in [-0.39, 0.29) is 12.0 Å². The van der Waals surface area contributed by atoms with Gasteiger partial charge < -0.3 is 20.7 Å². The highest BCUT2D eigenvalue weighted by molar-refractivity contribution is 5.76. The van der Waals surface area contributed by atoms with Crippen molar-refractivity contribution in [1.82, 2.24) is 10.2 Å². The summed E-state index contributed by atoms with van der Waals surface area (Å²) in [6, 6.07) is 0. The minimum absolute atomic E-state index is 0.0672. The summed E-state index contributed by atoms with van der Waals surface area (Å²) in [5.74, 6) is 0.0672. The number of nitrogens with zero attached hydrogens (tertiary/aromatic N) is 1. The van der Waals surface area contributed by atoms with Crippen molar-refractivity contribution in [3.05, 3.63) is 0 Å². The molecule has 3 N–H and O–H groups in total. The Balaban J connectivity index is 3.81. The van der Waals surface area contributed by atoms with E-state index < -0.39 is 0 Å². The molecule has 0 bridgehead atoms. The summed E-state index contributed by atoms with van der Waals surface area (Å²) >= 11 is 0. The first-order chi connectivity index (χ1) is 6.65. The lowest BCUT2D eigenvalue weighted by molar-refractivity contribution is -0.132. The summed E-state index contributed by atoms with van der Waals surface area (Å²) in [6.07, 6.45) is 0.187. The largest absolute Gasteiger partial charge is 0.380 e. The molecule has 0 heterocycles. The number of likely N-dealkylation sites (N-methyl/N-ethyl adjacent to an activating group) is 2. The Labute approximate surface area is 85.6 Å². The zero-order valence-corrected chi connectivity index (χ0v) is 9.25. The minimum atomic E-state index is -0.167. The molecule has 14 heavy (non-hydrogen) atoms. The van der Waals surface area contributed by atoms with E-state index >= 15 is 0 Å². The molecular formula is C9H21N3O2. The molecule has 0 aliphatic carbocycles. The predicted molar refractivity (Wildman–Crippen MR) is 56.0 cm³/mol. The molecule has 1 atom stereocenters. The van der Waals surface area contributed by atoms with Crippen molar-refractivity contribution in [3.63, 3.8) is 0 Å². The highest BCUT2D eigenvalue weighted by atomic mass is 16.5. The molecule has 84 valence electrons. The third kappa shape index (κ3) is 5.16. The number of hydrogen-bond donors (Lipinski definition) is 2. The van der Waals surface area contributed by atoms with Crippen LogP contribution in [0, 0.1) is 0 Å². The topological polar surface area (TPSA) is 67.6 Å². The molecule has 1 unspecified atom stereocenters. The molecule has 0 radical (unpaired) electrons. The van der Waals surface area contributed by atoms with Crippen LogP contribution >= 0.6 is 0 Å². The SMILES string of the molecule is CNCCN(C)C(=O)CC(CN)OC. The van der Waals surface area contributed by atoms with Crippen molar-refractivity contribution in [3.8, 4) is 0 Å². The van der Waals surface area contributed by atoms with Crippen LogP contribution in [0.4, 0.5) is 0 Å². The molecule has 0 aliphatic rings. The van der Waals surface area contributed by atoms with Crippen LogP contribution in [0.3, 0.4) is 0 Å². The average molecular weight is 203 g/mol. The van der Waals surface area contributed by atoms with Gasteiger partial charge in [-0.25, -0.2) is 0 Å². The number of carbonyl (C=O) groups is 1. The van der Waals surface area contributed by atoms with Crippen molar-refractivity contribution in [2.75, 3.05) is 40.8 Å². The van der Waals surface area contributed by atoms with E-state index in [1.54, 1.807) is 19.1 Å². The molecule has 0 aliphatic heterocycles. The Morgan fingerprint density at radius 2 is 2.29 bits per heavy atom. The van der Waals surface area contributed by atoms with Gasteiger partial charge in [-0.05, 0) is 7.05 Å². The number of rotatable bonds is 7. The van der Waals surface area contributed by atoms with Gasteiger partial charge in [0.05, 0.1) is 12.5 Å². The Hall–Kier alpha value is -0.650. The fourth-order valence-corrected chi connectivity index (χ4v) is 1.02. The average Bonchev–Trinajstić information content (AvgIpc) is 2.21. The maximum absolute atomic E-state index is 11.5. The summed E-state index contributed by atoms with van der Waals surface area (Å²) in [6.45, 7) is 1.88. The number of amides is 1. The van der Waals surface area contributed by atoms with Gasteiger partial charge in [0, 0.05) is 33.8 Å². The fraction of sp³-hybridized carbons (Fsp3) is 0.889. The zero-order valence-electron chi connectivity index (χ0n) is 9.25. The number of ether oxygens (including phenoxy) is 1. The highest BCUT2D eigenvalue weighted by Gasteiger charge is 2.14. The maximum atomic E-state index is 11.5. The molecule has 5 nitrogen and oxygen atoms in total. The first-order valence-corrected chi connectivity index (χ1v) is 4.77. The Bertz CT molecular complexity index is 160. The second kappa shape index (κ2) is 7.73. The van der Waals surface area contributed by atoms with E-state index in [9.17, 15) is 4.79 Å². The zero-order chi connectivity index (χ0) is 11.0. The van der Waals surface area contributed by atoms with Crippen LogP contribution in [-0.4, -0.2) is 57.8 Å². The third-order valence-electron chi connectivity index (χ3n) is 2.12. The van der Waals surface area contributed by atoms with Gasteiger partial charge in [0.1, 0.15) is 0 Å². The molecule has 1 amide bonds. The van der Waals surface area contributed by atoms with Gasteiger partial charge in [0.2, 0.25) is 5.91 Å². The standard InChI is InChI=1S/C9H21N3O2/c1-11-4-5-12(2)9(13)6-8(7-10)14-3/h8,11H,4-7,10H2,1-3H3. The summed E-state index contributed by atoms with van der Waals surface area (Å²) in [5, 5.41) is 2.98. The second-order valence-corrected chi connectivity index (χ2v) is 3.22. The molecule has 0 aromatic heterocycles. The van der Waals surface area contributed by atoms with Crippen LogP contribution in [0.2, 0.25) is 0 Å². The van der Waals surface area contributed by atoms with Crippen molar-refractivity contribution >= 4 is 5.91 Å². The van der Waals surface area contributed by atoms with Crippen molar-refractivity contribution in [1.29, 1.82) is 0 Å². The van der Waals surface area contributed by atoms with E-state index in [0.717, 1.165) is 6.54 Å². The van der Waals surface area contributed by atoms with Crippen LogP contribution in [0.25, 0.3) is 0 Å². The lowest BCUT2D eigenvalue weighted by Crippen LogP contribution is -2.36. The van der Waals surface area contributed by atoms with Gasteiger partial charge in [-0.1, -0.05) is 0 Å². The van der Waals surface area contributed by atoms with E-state index in [1.807, 2.05) is 7.05 Å². The molecule has 0 saturated heterocycles. The highest BCUT2D eigenvalue weighted by Crippen LogP contribution is 1.98. The van der Waals surface area contributed by atoms with Crippen LogP contribution in [0.1, 0.15) is 6.42 Å². The Morgan fingerprint density at radius 3 is 2.71 bits per heavy atom. The molecular weight excluding hydrogens is 182 g/mol. The summed E-state index contributed by atoms with van der Waals surface area (Å²) in [7, 11) is 5.21. The quantitative estimate of drug-likeness (QED) is 0.558. The summed E-state index contributed by atoms with van der Waals surface area (Å²) in [4.78, 5) is 13.2.